The summed E-state index contributed by atoms with van der Waals surface area (Å²) in [5, 5.41) is 15.0. The van der Waals surface area contributed by atoms with Crippen molar-refractivity contribution in [1.29, 1.82) is 0 Å². The van der Waals surface area contributed by atoms with Crippen molar-refractivity contribution >= 4 is 21.5 Å². The van der Waals surface area contributed by atoms with Crippen molar-refractivity contribution in [1.82, 2.24) is 0 Å². The zero-order valence-electron chi connectivity index (χ0n) is 13.5. The molecule has 0 aliphatic carbocycles. The summed E-state index contributed by atoms with van der Waals surface area (Å²) < 4.78 is 75.6. The molecule has 0 saturated carbocycles. The molecule has 27 heavy (non-hydrogen) atoms. The van der Waals surface area contributed by atoms with Gasteiger partial charge in [0.25, 0.3) is 5.72 Å². The Balaban J connectivity index is 2.09. The average Bonchev–Trinajstić information content (AvgIpc) is 2.94. The fourth-order valence-electron chi connectivity index (χ4n) is 2.57. The van der Waals surface area contributed by atoms with Gasteiger partial charge in [0, 0.05) is 11.3 Å². The first-order valence-corrected chi connectivity index (χ1v) is 9.01. The molecule has 3 N–H and O–H groups in total. The van der Waals surface area contributed by atoms with Crippen LogP contribution in [0.1, 0.15) is 5.56 Å². The molecule has 0 bridgehead atoms. The SMILES string of the molecule is NS(=O)(=O)c1ccc(C2=NC(O)(C(F)(F)F)CN2c2ccc(F)cc2)cc1. The maximum atomic E-state index is 13.3. The number of hydrogen-bond acceptors (Lipinski definition) is 5. The van der Waals surface area contributed by atoms with Gasteiger partial charge in [0.1, 0.15) is 11.7 Å². The topological polar surface area (TPSA) is 96.0 Å². The number of nitrogens with zero attached hydrogens (tertiary/aromatic N) is 2. The molecule has 0 amide bonds. The molecule has 11 heteroatoms. The van der Waals surface area contributed by atoms with Gasteiger partial charge in [-0.25, -0.2) is 22.9 Å². The maximum absolute atomic E-state index is 13.3. The van der Waals surface area contributed by atoms with E-state index in [0.29, 0.717) is 0 Å². The van der Waals surface area contributed by atoms with Gasteiger partial charge in [-0.2, -0.15) is 13.2 Å². The second-order valence-corrected chi connectivity index (χ2v) is 7.44. The molecule has 3 rings (SSSR count). The van der Waals surface area contributed by atoms with Crippen LogP contribution in [-0.4, -0.2) is 37.8 Å². The minimum atomic E-state index is -5.05. The summed E-state index contributed by atoms with van der Waals surface area (Å²) in [5.74, 6) is -0.831. The lowest BCUT2D eigenvalue weighted by molar-refractivity contribution is -0.249. The molecule has 144 valence electrons. The van der Waals surface area contributed by atoms with Crippen LogP contribution < -0.4 is 10.0 Å². The van der Waals surface area contributed by atoms with Crippen molar-refractivity contribution in [3.63, 3.8) is 0 Å². The van der Waals surface area contributed by atoms with Crippen molar-refractivity contribution < 1.29 is 31.1 Å². The Kier molecular flexibility index (Phi) is 4.49. The van der Waals surface area contributed by atoms with Gasteiger partial charge in [-0.3, -0.25) is 0 Å². The Hall–Kier alpha value is -2.50. The zero-order chi connectivity index (χ0) is 20.0. The smallest absolute Gasteiger partial charge is 0.361 e. The molecule has 1 aliphatic heterocycles. The Morgan fingerprint density at radius 1 is 1.07 bits per heavy atom. The van der Waals surface area contributed by atoms with Crippen LogP contribution in [-0.2, 0) is 10.0 Å². The molecule has 2 aromatic carbocycles. The first-order chi connectivity index (χ1) is 12.4. The number of rotatable bonds is 3. The quantitative estimate of drug-likeness (QED) is 0.767. The molecule has 0 fully saturated rings. The lowest BCUT2D eigenvalue weighted by atomic mass is 10.1. The standard InChI is InChI=1S/C16H13F4N3O3S/c17-11-3-5-12(6-4-11)23-9-15(24,16(18,19)20)22-14(23)10-1-7-13(8-2-10)27(21,25)26/h1-8,24H,9H2,(H2,21,25,26). The third-order valence-electron chi connectivity index (χ3n) is 3.96. The van der Waals surface area contributed by atoms with E-state index in [1.54, 1.807) is 0 Å². The molecule has 0 saturated heterocycles. The van der Waals surface area contributed by atoms with E-state index in [-0.39, 0.29) is 22.0 Å². The van der Waals surface area contributed by atoms with Crippen LogP contribution in [0.5, 0.6) is 0 Å². The van der Waals surface area contributed by atoms with Gasteiger partial charge in [0.15, 0.2) is 0 Å². The van der Waals surface area contributed by atoms with Crippen LogP contribution in [0, 0.1) is 5.82 Å². The van der Waals surface area contributed by atoms with E-state index < -0.39 is 34.3 Å². The molecule has 6 nitrogen and oxygen atoms in total. The maximum Gasteiger partial charge on any atom is 0.440 e. The third-order valence-corrected chi connectivity index (χ3v) is 4.89. The molecular formula is C16H13F4N3O3S. The van der Waals surface area contributed by atoms with Gasteiger partial charge >= 0.3 is 6.18 Å². The molecule has 1 aliphatic rings. The van der Waals surface area contributed by atoms with Crippen LogP contribution >= 0.6 is 0 Å². The number of hydrogen-bond donors (Lipinski definition) is 2. The van der Waals surface area contributed by atoms with Gasteiger partial charge < -0.3 is 10.0 Å². The summed E-state index contributed by atoms with van der Waals surface area (Å²) in [4.78, 5) is 4.27. The molecule has 1 unspecified atom stereocenters. The van der Waals surface area contributed by atoms with Crippen LogP contribution in [0.4, 0.5) is 23.2 Å². The monoisotopic (exact) mass is 403 g/mol. The van der Waals surface area contributed by atoms with E-state index in [9.17, 15) is 31.1 Å². The third kappa shape index (κ3) is 3.66. The number of anilines is 1. The van der Waals surface area contributed by atoms with Crippen molar-refractivity contribution in [2.45, 2.75) is 16.8 Å². The van der Waals surface area contributed by atoms with E-state index in [0.717, 1.165) is 29.2 Å². The van der Waals surface area contributed by atoms with Crippen LogP contribution in [0.25, 0.3) is 0 Å². The lowest BCUT2D eigenvalue weighted by Gasteiger charge is -2.25. The average molecular weight is 403 g/mol. The molecule has 1 atom stereocenters. The minimum absolute atomic E-state index is 0.118. The van der Waals surface area contributed by atoms with E-state index in [2.05, 4.69) is 4.99 Å². The number of primary sulfonamides is 1. The number of nitrogens with two attached hydrogens (primary N) is 1. The summed E-state index contributed by atoms with van der Waals surface area (Å²) in [5.41, 5.74) is -3.08. The van der Waals surface area contributed by atoms with Crippen molar-refractivity contribution in [2.75, 3.05) is 11.4 Å². The zero-order valence-corrected chi connectivity index (χ0v) is 14.3. The second kappa shape index (κ2) is 6.29. The van der Waals surface area contributed by atoms with Gasteiger partial charge in [-0.1, -0.05) is 0 Å². The number of benzene rings is 2. The highest BCUT2D eigenvalue weighted by Gasteiger charge is 2.58. The van der Waals surface area contributed by atoms with Crippen molar-refractivity contribution in [3.8, 4) is 0 Å². The highest BCUT2D eigenvalue weighted by atomic mass is 32.2. The van der Waals surface area contributed by atoms with Crippen molar-refractivity contribution in [3.05, 3.63) is 59.9 Å². The van der Waals surface area contributed by atoms with Crippen LogP contribution in [0.3, 0.4) is 0 Å². The Morgan fingerprint density at radius 3 is 2.11 bits per heavy atom. The fraction of sp³-hybridized carbons (Fsp3) is 0.188. The largest absolute Gasteiger partial charge is 0.440 e. The number of aliphatic imine (C=N–C) groups is 1. The van der Waals surface area contributed by atoms with E-state index in [4.69, 9.17) is 5.14 Å². The highest BCUT2D eigenvalue weighted by Crippen LogP contribution is 2.38. The lowest BCUT2D eigenvalue weighted by Crippen LogP contribution is -2.47. The number of amidine groups is 1. The Bertz CT molecular complexity index is 989. The van der Waals surface area contributed by atoms with Gasteiger partial charge in [0.05, 0.1) is 11.4 Å². The second-order valence-electron chi connectivity index (χ2n) is 5.88. The molecule has 0 radical (unpaired) electrons. The number of halogens is 4. The number of aliphatic hydroxyl groups is 1. The van der Waals surface area contributed by atoms with Crippen LogP contribution in [0.2, 0.25) is 0 Å². The van der Waals surface area contributed by atoms with Gasteiger partial charge in [-0.05, 0) is 48.5 Å². The van der Waals surface area contributed by atoms with E-state index in [1.807, 2.05) is 0 Å². The molecular weight excluding hydrogens is 390 g/mol. The molecule has 0 aromatic heterocycles. The summed E-state index contributed by atoms with van der Waals surface area (Å²) >= 11 is 0. The number of alkyl halides is 3. The first-order valence-electron chi connectivity index (χ1n) is 7.46. The Labute approximate surface area is 151 Å². The molecule has 2 aromatic rings. The first kappa shape index (κ1) is 19.3. The van der Waals surface area contributed by atoms with E-state index >= 15 is 0 Å². The minimum Gasteiger partial charge on any atom is -0.361 e. The predicted octanol–water partition coefficient (Wildman–Crippen LogP) is 1.99. The van der Waals surface area contributed by atoms with E-state index in [1.165, 1.54) is 24.3 Å². The van der Waals surface area contributed by atoms with Gasteiger partial charge in [0.2, 0.25) is 10.0 Å². The molecule has 1 heterocycles. The summed E-state index contributed by atoms with van der Waals surface area (Å²) in [7, 11) is -3.98. The summed E-state index contributed by atoms with van der Waals surface area (Å²) in [6.45, 7) is -0.936. The van der Waals surface area contributed by atoms with Crippen molar-refractivity contribution in [2.24, 2.45) is 10.1 Å². The van der Waals surface area contributed by atoms with Gasteiger partial charge in [-0.15, -0.1) is 0 Å². The number of β-amino-alcohol motifs (C(OH)–C–C–N with tert-alkyl or cyclic N) is 1. The highest BCUT2D eigenvalue weighted by molar-refractivity contribution is 7.89. The van der Waals surface area contributed by atoms with Crippen LogP contribution in [0.15, 0.2) is 58.4 Å². The number of sulfonamides is 1. The summed E-state index contributed by atoms with van der Waals surface area (Å²) in [6, 6.07) is 9.26. The fourth-order valence-corrected chi connectivity index (χ4v) is 3.08. The Morgan fingerprint density at radius 2 is 1.63 bits per heavy atom. The summed E-state index contributed by atoms with van der Waals surface area (Å²) in [6.07, 6.45) is -5.05. The molecule has 0 spiro atoms. The predicted molar refractivity (Wildman–Crippen MR) is 89.1 cm³/mol. The normalized spacial score (nSPS) is 20.7.